The molecule has 1 atom stereocenters. The van der Waals surface area contributed by atoms with Gasteiger partial charge in [0.1, 0.15) is 0 Å². The number of fused-ring (bicyclic) bond motifs is 1. The fourth-order valence-electron chi connectivity index (χ4n) is 1.80. The molecular formula is C13H16N2O5S. The van der Waals surface area contributed by atoms with Crippen LogP contribution in [0.3, 0.4) is 0 Å². The molecule has 0 fully saturated rings. The van der Waals surface area contributed by atoms with E-state index in [1.807, 2.05) is 0 Å². The monoisotopic (exact) mass is 312 g/mol. The van der Waals surface area contributed by atoms with Gasteiger partial charge in [-0.25, -0.2) is 0 Å². The second-order valence-electron chi connectivity index (χ2n) is 4.72. The summed E-state index contributed by atoms with van der Waals surface area (Å²) in [5, 5.41) is 10.4. The molecule has 0 N–H and O–H groups in total. The zero-order chi connectivity index (χ0) is 15.4. The zero-order valence-corrected chi connectivity index (χ0v) is 12.6. The molecule has 0 bridgehead atoms. The number of carbonyl (C=O) groups is 1. The van der Waals surface area contributed by atoms with E-state index in [-0.39, 0.29) is 29.9 Å². The van der Waals surface area contributed by atoms with Gasteiger partial charge in [-0.2, -0.15) is 0 Å². The van der Waals surface area contributed by atoms with Crippen molar-refractivity contribution in [1.29, 1.82) is 0 Å². The molecule has 8 heteroatoms. The maximum Gasteiger partial charge on any atom is 0.232 e. The third-order valence-corrected chi connectivity index (χ3v) is 4.23. The molecule has 21 heavy (non-hydrogen) atoms. The summed E-state index contributed by atoms with van der Waals surface area (Å²) in [5.41, 5.74) is 0.757. The van der Waals surface area contributed by atoms with Gasteiger partial charge in [0.2, 0.25) is 19.2 Å². The molecule has 1 aliphatic rings. The molecule has 114 valence electrons. The van der Waals surface area contributed by atoms with E-state index in [0.717, 1.165) is 5.56 Å². The Kier molecular flexibility index (Phi) is 4.89. The van der Waals surface area contributed by atoms with Crippen molar-refractivity contribution in [2.24, 2.45) is 0 Å². The van der Waals surface area contributed by atoms with E-state index in [0.29, 0.717) is 11.5 Å². The number of amides is 1. The van der Waals surface area contributed by atoms with Crippen LogP contribution in [0.25, 0.3) is 0 Å². The summed E-state index contributed by atoms with van der Waals surface area (Å²) in [6.07, 6.45) is 0. The molecular weight excluding hydrogens is 296 g/mol. The lowest BCUT2D eigenvalue weighted by atomic mass is 10.1. The highest BCUT2D eigenvalue weighted by Crippen LogP contribution is 2.37. The van der Waals surface area contributed by atoms with Crippen molar-refractivity contribution in [3.8, 4) is 11.5 Å². The van der Waals surface area contributed by atoms with Crippen LogP contribution in [0.4, 0.5) is 0 Å². The van der Waals surface area contributed by atoms with Gasteiger partial charge in [-0.05, 0) is 17.7 Å². The number of thioether (sulfide) groups is 1. The third kappa shape index (κ3) is 4.01. The smallest absolute Gasteiger partial charge is 0.232 e. The quantitative estimate of drug-likeness (QED) is 0.585. The number of nitrogens with zero attached hydrogens (tertiary/aromatic N) is 2. The minimum Gasteiger partial charge on any atom is -0.454 e. The molecule has 0 aliphatic carbocycles. The fourth-order valence-corrected chi connectivity index (χ4v) is 2.97. The molecule has 1 aromatic rings. The summed E-state index contributed by atoms with van der Waals surface area (Å²) in [7, 11) is 3.32. The standard InChI is InChI=1S/C13H16N2O5S/c1-14(2)13(16)7-21-12(6-15(17)18)9-3-4-10-11(5-9)20-8-19-10/h3-5,12H,6-8H2,1-2H3. The van der Waals surface area contributed by atoms with E-state index in [1.54, 1.807) is 32.3 Å². The second kappa shape index (κ2) is 6.66. The highest BCUT2D eigenvalue weighted by atomic mass is 32.2. The van der Waals surface area contributed by atoms with E-state index in [4.69, 9.17) is 9.47 Å². The summed E-state index contributed by atoms with van der Waals surface area (Å²) in [6.45, 7) is -0.0873. The van der Waals surface area contributed by atoms with E-state index in [1.165, 1.54) is 16.7 Å². The van der Waals surface area contributed by atoms with Crippen molar-refractivity contribution < 1.29 is 19.2 Å². The van der Waals surface area contributed by atoms with E-state index in [9.17, 15) is 14.9 Å². The molecule has 1 unspecified atom stereocenters. The maximum atomic E-state index is 11.6. The Morgan fingerprint density at radius 2 is 2.14 bits per heavy atom. The Morgan fingerprint density at radius 3 is 2.81 bits per heavy atom. The topological polar surface area (TPSA) is 81.9 Å². The number of hydrogen-bond donors (Lipinski definition) is 0. The third-order valence-electron chi connectivity index (χ3n) is 2.99. The van der Waals surface area contributed by atoms with Gasteiger partial charge in [0.05, 0.1) is 11.0 Å². The van der Waals surface area contributed by atoms with E-state index < -0.39 is 5.25 Å². The molecule has 0 spiro atoms. The predicted molar refractivity (Wildman–Crippen MR) is 78.3 cm³/mol. The minimum absolute atomic E-state index is 0.0749. The van der Waals surface area contributed by atoms with Crippen LogP contribution < -0.4 is 9.47 Å². The number of carbonyl (C=O) groups excluding carboxylic acids is 1. The lowest BCUT2D eigenvalue weighted by Gasteiger charge is -2.15. The van der Waals surface area contributed by atoms with Crippen LogP contribution in [0.1, 0.15) is 10.8 Å². The van der Waals surface area contributed by atoms with Gasteiger partial charge in [0.15, 0.2) is 11.5 Å². The minimum atomic E-state index is -0.404. The molecule has 0 saturated heterocycles. The van der Waals surface area contributed by atoms with Crippen molar-refractivity contribution in [3.05, 3.63) is 33.9 Å². The number of rotatable bonds is 6. The SMILES string of the molecule is CN(C)C(=O)CSC(C[N+](=O)[O-])c1ccc2c(c1)OCO2. The second-order valence-corrected chi connectivity index (χ2v) is 5.91. The first-order valence-corrected chi connectivity index (χ1v) is 7.35. The normalized spacial score (nSPS) is 13.8. The van der Waals surface area contributed by atoms with Crippen molar-refractivity contribution in [2.45, 2.75) is 5.25 Å². The van der Waals surface area contributed by atoms with E-state index in [2.05, 4.69) is 0 Å². The highest BCUT2D eigenvalue weighted by molar-refractivity contribution is 8.00. The number of hydrogen-bond acceptors (Lipinski definition) is 6. The van der Waals surface area contributed by atoms with Crippen LogP contribution in [0.15, 0.2) is 18.2 Å². The van der Waals surface area contributed by atoms with Crippen molar-refractivity contribution in [2.75, 3.05) is 33.2 Å². The highest BCUT2D eigenvalue weighted by Gasteiger charge is 2.23. The largest absolute Gasteiger partial charge is 0.454 e. The van der Waals surface area contributed by atoms with Gasteiger partial charge in [-0.15, -0.1) is 11.8 Å². The van der Waals surface area contributed by atoms with Crippen molar-refractivity contribution in [3.63, 3.8) is 0 Å². The summed E-state index contributed by atoms with van der Waals surface area (Å²) in [5.74, 6) is 1.34. The van der Waals surface area contributed by atoms with Crippen LogP contribution in [-0.4, -0.2) is 48.9 Å². The van der Waals surface area contributed by atoms with Crippen molar-refractivity contribution in [1.82, 2.24) is 4.90 Å². The molecule has 0 saturated carbocycles. The first-order valence-electron chi connectivity index (χ1n) is 6.30. The molecule has 0 radical (unpaired) electrons. The average Bonchev–Trinajstić information content (AvgIpc) is 2.89. The zero-order valence-electron chi connectivity index (χ0n) is 11.8. The van der Waals surface area contributed by atoms with Crippen LogP contribution >= 0.6 is 11.8 Å². The molecule has 7 nitrogen and oxygen atoms in total. The van der Waals surface area contributed by atoms with Gasteiger partial charge < -0.3 is 14.4 Å². The molecule has 2 rings (SSSR count). The van der Waals surface area contributed by atoms with Crippen LogP contribution in [0.2, 0.25) is 0 Å². The summed E-state index contributed by atoms with van der Waals surface area (Å²) < 4.78 is 10.5. The van der Waals surface area contributed by atoms with Gasteiger partial charge in [-0.3, -0.25) is 14.9 Å². The number of nitro groups is 1. The first kappa shape index (κ1) is 15.4. The molecule has 1 aliphatic heterocycles. The Labute approximate surface area is 126 Å². The van der Waals surface area contributed by atoms with Crippen LogP contribution in [0.5, 0.6) is 11.5 Å². The van der Waals surface area contributed by atoms with Gasteiger partial charge >= 0.3 is 0 Å². The predicted octanol–water partition coefficient (Wildman–Crippen LogP) is 1.55. The molecule has 1 heterocycles. The maximum absolute atomic E-state index is 11.6. The Bertz CT molecular complexity index is 549. The molecule has 1 amide bonds. The first-order chi connectivity index (χ1) is 9.97. The number of benzene rings is 1. The Morgan fingerprint density at radius 1 is 1.43 bits per heavy atom. The molecule has 0 aromatic heterocycles. The molecule has 1 aromatic carbocycles. The van der Waals surface area contributed by atoms with E-state index >= 15 is 0 Å². The van der Waals surface area contributed by atoms with Gasteiger partial charge in [-0.1, -0.05) is 6.07 Å². The van der Waals surface area contributed by atoms with Gasteiger partial charge in [0, 0.05) is 19.0 Å². The lowest BCUT2D eigenvalue weighted by molar-refractivity contribution is -0.479. The fraction of sp³-hybridized carbons (Fsp3) is 0.462. The van der Waals surface area contributed by atoms with Crippen molar-refractivity contribution >= 4 is 17.7 Å². The summed E-state index contributed by atoms with van der Waals surface area (Å²) in [4.78, 5) is 23.6. The van der Waals surface area contributed by atoms with Crippen LogP contribution in [0, 0.1) is 10.1 Å². The van der Waals surface area contributed by atoms with Crippen LogP contribution in [-0.2, 0) is 4.79 Å². The van der Waals surface area contributed by atoms with Gasteiger partial charge in [0.25, 0.3) is 0 Å². The summed E-state index contributed by atoms with van der Waals surface area (Å²) in [6, 6.07) is 5.25. The Balaban J connectivity index is 2.11. The number of ether oxygens (including phenoxy) is 2. The summed E-state index contributed by atoms with van der Waals surface area (Å²) >= 11 is 1.26. The lowest BCUT2D eigenvalue weighted by Crippen LogP contribution is -2.24. The Hall–Kier alpha value is -1.96. The average molecular weight is 312 g/mol.